The monoisotopic (exact) mass is 851 g/mol. The van der Waals surface area contributed by atoms with Gasteiger partial charge < -0.3 is 66.9 Å². The normalized spacial score (nSPS) is 11.8. The Hall–Kier alpha value is -2.98. The van der Waals surface area contributed by atoms with Crippen molar-refractivity contribution in [1.82, 2.24) is 0 Å². The van der Waals surface area contributed by atoms with Crippen molar-refractivity contribution in [1.29, 1.82) is 0 Å². The summed E-state index contributed by atoms with van der Waals surface area (Å²) in [5.74, 6) is -0.630. The maximum Gasteiger partial charge on any atom is 0.416 e. The average molecular weight is 852 g/mol. The van der Waals surface area contributed by atoms with Gasteiger partial charge in [0.25, 0.3) is 0 Å². The number of esters is 1. The second-order valence-electron chi connectivity index (χ2n) is 12.5. The second-order valence-corrected chi connectivity index (χ2v) is 12.5. The van der Waals surface area contributed by atoms with Crippen LogP contribution in [0.5, 0.6) is 0 Å². The molecule has 0 atom stereocenters. The first-order chi connectivity index (χ1) is 28.8. The van der Waals surface area contributed by atoms with Gasteiger partial charge in [0.15, 0.2) is 0 Å². The first-order valence-corrected chi connectivity index (χ1v) is 19.9. The third-order valence-corrected chi connectivity index (χ3v) is 7.48. The van der Waals surface area contributed by atoms with E-state index in [1.807, 2.05) is 13.8 Å². The zero-order valence-electron chi connectivity index (χ0n) is 34.5. The van der Waals surface area contributed by atoms with Gasteiger partial charge in [-0.05, 0) is 44.2 Å². The van der Waals surface area contributed by atoms with Crippen LogP contribution in [-0.4, -0.2) is 171 Å². The van der Waals surface area contributed by atoms with Gasteiger partial charge in [0.1, 0.15) is 6.61 Å². The molecule has 1 N–H and O–H groups in total. The molecule has 2 aromatic carbocycles. The molecule has 0 radical (unpaired) electrons. The zero-order valence-corrected chi connectivity index (χ0v) is 34.5. The maximum atomic E-state index is 13.1. The standard InChI is InChI=1S/C41H64F3NO14/c1-35(2)58-32-30-56-28-26-54-24-22-52-20-18-50-16-14-48-12-10-47-11-13-49-15-17-51-19-21-53-23-25-55-27-29-57-31-33-59-40(46)38-8-3-4-9-39(38)45-37-7-5-6-36(34-37)41(42,43)44/h3-9,34-35,45H,10-33H2,1-2H3. The topological polar surface area (TPSA) is 149 Å². The summed E-state index contributed by atoms with van der Waals surface area (Å²) in [4.78, 5) is 12.6. The molecule has 0 fully saturated rings. The Bertz CT molecular complexity index is 1290. The van der Waals surface area contributed by atoms with Gasteiger partial charge in [-0.1, -0.05) is 18.2 Å². The predicted octanol–water partition coefficient (Wildman–Crippen LogP) is 5.21. The maximum absolute atomic E-state index is 13.1. The minimum atomic E-state index is -4.48. The lowest BCUT2D eigenvalue weighted by Gasteiger charge is -2.13. The molecule has 0 aliphatic heterocycles. The number of alkyl halides is 3. The highest BCUT2D eigenvalue weighted by atomic mass is 19.4. The van der Waals surface area contributed by atoms with E-state index in [0.29, 0.717) is 151 Å². The molecule has 0 aliphatic carbocycles. The number of para-hydroxylation sites is 1. The molecule has 59 heavy (non-hydrogen) atoms. The highest BCUT2D eigenvalue weighted by molar-refractivity contribution is 5.96. The Morgan fingerprint density at radius 2 is 0.847 bits per heavy atom. The number of carbonyl (C=O) groups is 1. The van der Waals surface area contributed by atoms with Crippen LogP contribution in [0, 0.1) is 0 Å². The van der Waals surface area contributed by atoms with E-state index in [2.05, 4.69) is 5.32 Å². The highest BCUT2D eigenvalue weighted by Crippen LogP contribution is 2.32. The number of hydrogen-bond donors (Lipinski definition) is 1. The molecule has 0 saturated heterocycles. The van der Waals surface area contributed by atoms with Gasteiger partial charge >= 0.3 is 12.1 Å². The fraction of sp³-hybridized carbons (Fsp3) is 0.683. The van der Waals surface area contributed by atoms with E-state index in [1.54, 1.807) is 18.2 Å². The third kappa shape index (κ3) is 29.8. The molecule has 338 valence electrons. The summed E-state index contributed by atoms with van der Waals surface area (Å²) in [5.41, 5.74) is -0.0968. The largest absolute Gasteiger partial charge is 0.460 e. The third-order valence-electron chi connectivity index (χ3n) is 7.48. The second kappa shape index (κ2) is 35.7. The lowest BCUT2D eigenvalue weighted by atomic mass is 10.1. The fourth-order valence-electron chi connectivity index (χ4n) is 4.61. The number of nitrogens with one attached hydrogen (secondary N) is 1. The Balaban J connectivity index is 1.25. The van der Waals surface area contributed by atoms with Crippen LogP contribution in [0.4, 0.5) is 24.5 Å². The molecule has 15 nitrogen and oxygen atoms in total. The average Bonchev–Trinajstić information content (AvgIpc) is 3.21. The predicted molar refractivity (Wildman–Crippen MR) is 212 cm³/mol. The molecular weight excluding hydrogens is 787 g/mol. The summed E-state index contributed by atoms with van der Waals surface area (Å²) in [7, 11) is 0. The number of hydrogen-bond acceptors (Lipinski definition) is 15. The van der Waals surface area contributed by atoms with Gasteiger partial charge in [-0.25, -0.2) is 4.79 Å². The fourth-order valence-corrected chi connectivity index (χ4v) is 4.61. The molecular formula is C41H64F3NO14. The van der Waals surface area contributed by atoms with Crippen LogP contribution in [0.15, 0.2) is 48.5 Å². The number of benzene rings is 2. The van der Waals surface area contributed by atoms with Crippen molar-refractivity contribution < 1.29 is 79.5 Å². The van der Waals surface area contributed by atoms with Crippen molar-refractivity contribution in [2.24, 2.45) is 0 Å². The molecule has 0 bridgehead atoms. The van der Waals surface area contributed by atoms with E-state index in [9.17, 15) is 18.0 Å². The van der Waals surface area contributed by atoms with E-state index >= 15 is 0 Å². The van der Waals surface area contributed by atoms with Gasteiger partial charge in [-0.2, -0.15) is 13.2 Å². The number of carbonyl (C=O) groups excluding carboxylic acids is 1. The molecule has 0 unspecified atom stereocenters. The van der Waals surface area contributed by atoms with Crippen molar-refractivity contribution in [3.8, 4) is 0 Å². The molecule has 2 aromatic rings. The van der Waals surface area contributed by atoms with Gasteiger partial charge in [0.2, 0.25) is 0 Å². The lowest BCUT2D eigenvalue weighted by Crippen LogP contribution is -2.16. The Labute approximate surface area is 346 Å². The first-order valence-electron chi connectivity index (χ1n) is 19.9. The van der Waals surface area contributed by atoms with Crippen LogP contribution in [0.2, 0.25) is 0 Å². The smallest absolute Gasteiger partial charge is 0.416 e. The van der Waals surface area contributed by atoms with Crippen LogP contribution in [0.25, 0.3) is 0 Å². The summed E-state index contributed by atoms with van der Waals surface area (Å²) < 4.78 is 110. The molecule has 18 heteroatoms. The van der Waals surface area contributed by atoms with Crippen molar-refractivity contribution in [3.63, 3.8) is 0 Å². The molecule has 0 heterocycles. The number of rotatable bonds is 40. The van der Waals surface area contributed by atoms with Gasteiger partial charge in [0, 0.05) is 5.69 Å². The summed E-state index contributed by atoms with van der Waals surface area (Å²) in [6.45, 7) is 14.4. The van der Waals surface area contributed by atoms with Crippen LogP contribution in [0.1, 0.15) is 29.8 Å². The summed E-state index contributed by atoms with van der Waals surface area (Å²) in [6.07, 6.45) is -4.26. The molecule has 0 amide bonds. The lowest BCUT2D eigenvalue weighted by molar-refractivity contribution is -0.137. The van der Waals surface area contributed by atoms with Gasteiger partial charge in [-0.15, -0.1) is 0 Å². The molecule has 0 aromatic heterocycles. The number of anilines is 2. The minimum absolute atomic E-state index is 0.00437. The van der Waals surface area contributed by atoms with Crippen LogP contribution in [0.3, 0.4) is 0 Å². The Morgan fingerprint density at radius 3 is 1.22 bits per heavy atom. The van der Waals surface area contributed by atoms with E-state index in [4.69, 9.17) is 61.6 Å². The SMILES string of the molecule is CC(C)OCCOCCOCCOCCOCCOCCOCCOCCOCCOCCOCCOCCOC(=O)c1ccccc1Nc1cccc(C(F)(F)F)c1. The quantitative estimate of drug-likeness (QED) is 0.0690. The van der Waals surface area contributed by atoms with Crippen molar-refractivity contribution >= 4 is 17.3 Å². The van der Waals surface area contributed by atoms with Crippen LogP contribution >= 0.6 is 0 Å². The summed E-state index contributed by atoms with van der Waals surface area (Å²) in [5, 5.41) is 2.86. The summed E-state index contributed by atoms with van der Waals surface area (Å²) in [6, 6.07) is 11.1. The Kier molecular flexibility index (Phi) is 31.6. The number of ether oxygens (including phenoxy) is 13. The van der Waals surface area contributed by atoms with Gasteiger partial charge in [-0.3, -0.25) is 0 Å². The first kappa shape index (κ1) is 52.2. The highest BCUT2D eigenvalue weighted by Gasteiger charge is 2.30. The molecule has 0 spiro atoms. The van der Waals surface area contributed by atoms with E-state index < -0.39 is 17.7 Å². The molecule has 0 aliphatic rings. The Morgan fingerprint density at radius 1 is 0.492 bits per heavy atom. The van der Waals surface area contributed by atoms with Gasteiger partial charge in [0.05, 0.1) is 175 Å². The van der Waals surface area contributed by atoms with Crippen molar-refractivity contribution in [3.05, 3.63) is 59.7 Å². The van der Waals surface area contributed by atoms with E-state index in [1.165, 1.54) is 18.2 Å². The van der Waals surface area contributed by atoms with Crippen molar-refractivity contribution in [2.45, 2.75) is 26.1 Å². The molecule has 0 saturated carbocycles. The van der Waals surface area contributed by atoms with Crippen LogP contribution in [-0.2, 0) is 67.8 Å². The van der Waals surface area contributed by atoms with E-state index in [0.717, 1.165) is 12.1 Å². The minimum Gasteiger partial charge on any atom is -0.460 e. The molecule has 2 rings (SSSR count). The number of halogens is 3. The summed E-state index contributed by atoms with van der Waals surface area (Å²) >= 11 is 0. The van der Waals surface area contributed by atoms with Crippen LogP contribution < -0.4 is 5.32 Å². The van der Waals surface area contributed by atoms with E-state index in [-0.39, 0.29) is 30.6 Å². The van der Waals surface area contributed by atoms with Crippen molar-refractivity contribution in [2.75, 3.05) is 164 Å². The zero-order chi connectivity index (χ0) is 42.5.